The molecule has 0 fully saturated rings. The highest BCUT2D eigenvalue weighted by molar-refractivity contribution is 14.1. The first-order valence-electron chi connectivity index (χ1n) is 4.95. The van der Waals surface area contributed by atoms with Gasteiger partial charge >= 0.3 is 5.69 Å². The Morgan fingerprint density at radius 3 is 2.44 bits per heavy atom. The summed E-state index contributed by atoms with van der Waals surface area (Å²) in [7, 11) is 0. The largest absolute Gasteiger partial charge is 0.449 e. The fourth-order valence-corrected chi connectivity index (χ4v) is 2.13. The molecule has 92 valence electrons. The van der Waals surface area contributed by atoms with Gasteiger partial charge in [-0.1, -0.05) is 29.8 Å². The summed E-state index contributed by atoms with van der Waals surface area (Å²) in [6.07, 6.45) is 0. The van der Waals surface area contributed by atoms with Crippen LogP contribution in [0.25, 0.3) is 0 Å². The van der Waals surface area contributed by atoms with E-state index in [4.69, 9.17) is 16.3 Å². The van der Waals surface area contributed by atoms with Gasteiger partial charge in [0.2, 0.25) is 5.75 Å². The number of benzene rings is 2. The second-order valence-corrected chi connectivity index (χ2v) is 4.95. The molecule has 0 aliphatic heterocycles. The maximum Gasteiger partial charge on any atom is 0.329 e. The van der Waals surface area contributed by atoms with Gasteiger partial charge in [-0.15, -0.1) is 0 Å². The van der Waals surface area contributed by atoms with Gasteiger partial charge in [0.15, 0.2) is 0 Å². The van der Waals surface area contributed by atoms with Crippen LogP contribution in [0, 0.1) is 13.7 Å². The number of nitro benzene ring substituents is 1. The van der Waals surface area contributed by atoms with Crippen LogP contribution in [0.3, 0.4) is 0 Å². The van der Waals surface area contributed by atoms with Crippen molar-refractivity contribution in [1.29, 1.82) is 0 Å². The SMILES string of the molecule is O=[N+]([O-])c1c(Cl)cccc1Oc1ccccc1I. The smallest absolute Gasteiger partial charge is 0.329 e. The van der Waals surface area contributed by atoms with Crippen molar-refractivity contribution in [2.45, 2.75) is 0 Å². The third kappa shape index (κ3) is 2.73. The number of hydrogen-bond donors (Lipinski definition) is 0. The number of nitro groups is 1. The van der Waals surface area contributed by atoms with Crippen LogP contribution in [0.4, 0.5) is 5.69 Å². The van der Waals surface area contributed by atoms with E-state index in [1.807, 2.05) is 12.1 Å². The fraction of sp³-hybridized carbons (Fsp3) is 0. The summed E-state index contributed by atoms with van der Waals surface area (Å²) in [5, 5.41) is 11.0. The second kappa shape index (κ2) is 5.53. The quantitative estimate of drug-likeness (QED) is 0.446. The average molecular weight is 376 g/mol. The molecule has 2 aromatic carbocycles. The number of hydrogen-bond acceptors (Lipinski definition) is 3. The first kappa shape index (κ1) is 13.1. The minimum Gasteiger partial charge on any atom is -0.449 e. The van der Waals surface area contributed by atoms with Crippen molar-refractivity contribution in [2.24, 2.45) is 0 Å². The highest BCUT2D eigenvalue weighted by Crippen LogP contribution is 2.37. The van der Waals surface area contributed by atoms with Crippen molar-refractivity contribution < 1.29 is 9.66 Å². The minimum absolute atomic E-state index is 0.0587. The molecule has 0 amide bonds. The maximum absolute atomic E-state index is 11.0. The Balaban J connectivity index is 2.44. The van der Waals surface area contributed by atoms with Crippen LogP contribution < -0.4 is 4.74 Å². The Morgan fingerprint density at radius 2 is 1.78 bits per heavy atom. The first-order valence-corrected chi connectivity index (χ1v) is 6.40. The summed E-state index contributed by atoms with van der Waals surface area (Å²) in [5.74, 6) is 0.695. The first-order chi connectivity index (χ1) is 8.59. The number of ether oxygens (including phenoxy) is 1. The molecule has 2 rings (SSSR count). The van der Waals surface area contributed by atoms with Crippen molar-refractivity contribution in [3.05, 3.63) is 61.2 Å². The van der Waals surface area contributed by atoms with Crippen LogP contribution >= 0.6 is 34.2 Å². The van der Waals surface area contributed by atoms with Gasteiger partial charge in [-0.2, -0.15) is 0 Å². The third-order valence-electron chi connectivity index (χ3n) is 2.19. The standard InChI is InChI=1S/C12H7ClINO3/c13-8-4-3-7-11(12(8)15(16)17)18-10-6-2-1-5-9(10)14/h1-7H. The van der Waals surface area contributed by atoms with Gasteiger partial charge in [-0.25, -0.2) is 0 Å². The van der Waals surface area contributed by atoms with Crippen LogP contribution in [0.5, 0.6) is 11.5 Å². The van der Waals surface area contributed by atoms with Gasteiger partial charge in [0.05, 0.1) is 8.49 Å². The van der Waals surface area contributed by atoms with Gasteiger partial charge in [-0.3, -0.25) is 10.1 Å². The molecule has 0 radical (unpaired) electrons. The predicted molar refractivity (Wildman–Crippen MR) is 77.3 cm³/mol. The highest BCUT2D eigenvalue weighted by Gasteiger charge is 2.20. The molecule has 0 aliphatic carbocycles. The lowest BCUT2D eigenvalue weighted by Gasteiger charge is -2.08. The number of nitrogens with zero attached hydrogens (tertiary/aromatic N) is 1. The second-order valence-electron chi connectivity index (χ2n) is 3.38. The van der Waals surface area contributed by atoms with E-state index < -0.39 is 4.92 Å². The molecule has 18 heavy (non-hydrogen) atoms. The lowest BCUT2D eigenvalue weighted by atomic mass is 10.3. The van der Waals surface area contributed by atoms with Crippen LogP contribution in [0.15, 0.2) is 42.5 Å². The lowest BCUT2D eigenvalue weighted by Crippen LogP contribution is -1.95. The summed E-state index contributed by atoms with van der Waals surface area (Å²) >= 11 is 7.90. The van der Waals surface area contributed by atoms with Gasteiger partial charge in [0.25, 0.3) is 0 Å². The van der Waals surface area contributed by atoms with Crippen molar-refractivity contribution in [3.8, 4) is 11.5 Å². The molecule has 4 nitrogen and oxygen atoms in total. The summed E-state index contributed by atoms with van der Waals surface area (Å²) < 4.78 is 6.41. The molecule has 0 spiro atoms. The van der Waals surface area contributed by atoms with E-state index in [-0.39, 0.29) is 16.5 Å². The monoisotopic (exact) mass is 375 g/mol. The zero-order valence-electron chi connectivity index (χ0n) is 8.97. The molecule has 0 atom stereocenters. The molecular weight excluding hydrogens is 368 g/mol. The van der Waals surface area contributed by atoms with E-state index in [1.165, 1.54) is 12.1 Å². The molecule has 0 aliphatic rings. The zero-order chi connectivity index (χ0) is 13.1. The van der Waals surface area contributed by atoms with E-state index in [2.05, 4.69) is 22.6 Å². The van der Waals surface area contributed by atoms with E-state index >= 15 is 0 Å². The van der Waals surface area contributed by atoms with E-state index in [0.717, 1.165) is 3.57 Å². The molecule has 6 heteroatoms. The van der Waals surface area contributed by atoms with E-state index in [0.29, 0.717) is 5.75 Å². The maximum atomic E-state index is 11.0. The van der Waals surface area contributed by atoms with Crippen molar-refractivity contribution in [1.82, 2.24) is 0 Å². The Labute approximate surface area is 122 Å². The predicted octanol–water partition coefficient (Wildman–Crippen LogP) is 4.65. The highest BCUT2D eigenvalue weighted by atomic mass is 127. The minimum atomic E-state index is -0.548. The normalized spacial score (nSPS) is 10.1. The molecule has 0 unspecified atom stereocenters. The van der Waals surface area contributed by atoms with Gasteiger partial charge in [0.1, 0.15) is 10.8 Å². The summed E-state index contributed by atoms with van der Waals surface area (Å²) in [5.41, 5.74) is -0.223. The number of halogens is 2. The van der Waals surface area contributed by atoms with Gasteiger partial charge < -0.3 is 4.74 Å². The van der Waals surface area contributed by atoms with Gasteiger partial charge in [0, 0.05) is 0 Å². The average Bonchev–Trinajstić information content (AvgIpc) is 2.31. The van der Waals surface area contributed by atoms with Crippen molar-refractivity contribution in [3.63, 3.8) is 0 Å². The molecule has 2 aromatic rings. The van der Waals surface area contributed by atoms with Crippen molar-refractivity contribution in [2.75, 3.05) is 0 Å². The Kier molecular flexibility index (Phi) is 4.03. The van der Waals surface area contributed by atoms with E-state index in [9.17, 15) is 10.1 Å². The molecule has 0 aromatic heterocycles. The van der Waals surface area contributed by atoms with Crippen LogP contribution in [0.2, 0.25) is 5.02 Å². The van der Waals surface area contributed by atoms with Crippen molar-refractivity contribution >= 4 is 39.9 Å². The van der Waals surface area contributed by atoms with E-state index in [1.54, 1.807) is 18.2 Å². The molecule has 0 saturated carbocycles. The number of para-hydroxylation sites is 2. The molecule has 0 bridgehead atoms. The summed E-state index contributed by atoms with van der Waals surface area (Å²) in [6.45, 7) is 0. The fourth-order valence-electron chi connectivity index (χ4n) is 1.40. The molecule has 0 heterocycles. The molecular formula is C12H7ClINO3. The zero-order valence-corrected chi connectivity index (χ0v) is 11.9. The van der Waals surface area contributed by atoms with Crippen LogP contribution in [0.1, 0.15) is 0 Å². The Hall–Kier alpha value is -1.34. The Morgan fingerprint density at radius 1 is 1.11 bits per heavy atom. The molecule has 0 saturated heterocycles. The third-order valence-corrected chi connectivity index (χ3v) is 3.39. The van der Waals surface area contributed by atoms with Crippen LogP contribution in [-0.4, -0.2) is 4.92 Å². The Bertz CT molecular complexity index is 604. The summed E-state index contributed by atoms with van der Waals surface area (Å²) in [4.78, 5) is 10.4. The molecule has 0 N–H and O–H groups in total. The van der Waals surface area contributed by atoms with Gasteiger partial charge in [-0.05, 0) is 46.9 Å². The van der Waals surface area contributed by atoms with Crippen LogP contribution in [-0.2, 0) is 0 Å². The number of rotatable bonds is 3. The summed E-state index contributed by atoms with van der Waals surface area (Å²) in [6, 6.07) is 11.9. The lowest BCUT2D eigenvalue weighted by molar-refractivity contribution is -0.385. The topological polar surface area (TPSA) is 52.4 Å².